The molecule has 4 aromatic rings. The standard InChI is InChI=1S/C19H15FN6O2S/c20-14-5-3-13(4-6-14)15-10-23-26-17(15)24-18(25-19(26)28)29-11-16(27)22-9-12-2-1-7-21-8-12/h1-8,10H,9,11H2,(H,22,27)(H,24,25,28). The Hall–Kier alpha value is -3.53. The zero-order valence-electron chi connectivity index (χ0n) is 15.0. The number of rotatable bonds is 6. The molecular weight excluding hydrogens is 395 g/mol. The minimum absolute atomic E-state index is 0.0827. The van der Waals surface area contributed by atoms with E-state index in [1.165, 1.54) is 18.3 Å². The van der Waals surface area contributed by atoms with Crippen LogP contribution in [0.15, 0.2) is 64.9 Å². The second-order valence-corrected chi connectivity index (χ2v) is 7.04. The molecule has 2 N–H and O–H groups in total. The minimum Gasteiger partial charge on any atom is -0.351 e. The Morgan fingerprint density at radius 3 is 2.79 bits per heavy atom. The molecule has 0 aliphatic rings. The van der Waals surface area contributed by atoms with Crippen LogP contribution in [0.4, 0.5) is 4.39 Å². The molecule has 0 saturated carbocycles. The summed E-state index contributed by atoms with van der Waals surface area (Å²) in [6.07, 6.45) is 4.84. The first-order valence-corrected chi connectivity index (χ1v) is 9.61. The minimum atomic E-state index is -0.471. The van der Waals surface area contributed by atoms with Crippen molar-refractivity contribution in [1.82, 2.24) is 29.9 Å². The van der Waals surface area contributed by atoms with Crippen molar-refractivity contribution in [2.45, 2.75) is 11.7 Å². The molecule has 0 unspecified atom stereocenters. The largest absolute Gasteiger partial charge is 0.351 e. The zero-order valence-corrected chi connectivity index (χ0v) is 15.8. The number of hydrogen-bond donors (Lipinski definition) is 2. The normalized spacial score (nSPS) is 10.9. The lowest BCUT2D eigenvalue weighted by Gasteiger charge is -2.05. The van der Waals surface area contributed by atoms with Crippen molar-refractivity contribution in [2.75, 3.05) is 5.75 Å². The number of nitrogens with one attached hydrogen (secondary N) is 2. The van der Waals surface area contributed by atoms with E-state index in [9.17, 15) is 14.0 Å². The maximum Gasteiger partial charge on any atom is 0.350 e. The van der Waals surface area contributed by atoms with Crippen LogP contribution in [0.1, 0.15) is 5.56 Å². The van der Waals surface area contributed by atoms with Crippen LogP contribution >= 0.6 is 11.8 Å². The summed E-state index contributed by atoms with van der Waals surface area (Å²) in [6, 6.07) is 9.50. The summed E-state index contributed by atoms with van der Waals surface area (Å²) >= 11 is 1.11. The number of aromatic amines is 1. The number of benzene rings is 1. The molecule has 0 atom stereocenters. The number of halogens is 1. The molecule has 1 aromatic carbocycles. The van der Waals surface area contributed by atoms with E-state index in [4.69, 9.17) is 0 Å². The van der Waals surface area contributed by atoms with Crippen molar-refractivity contribution in [3.05, 3.63) is 76.9 Å². The number of pyridine rings is 1. The van der Waals surface area contributed by atoms with Crippen LogP contribution in [-0.2, 0) is 11.3 Å². The van der Waals surface area contributed by atoms with Gasteiger partial charge in [-0.3, -0.25) is 14.8 Å². The summed E-state index contributed by atoms with van der Waals surface area (Å²) in [5, 5.41) is 7.12. The third kappa shape index (κ3) is 4.32. The Bertz CT molecular complexity index is 1210. The van der Waals surface area contributed by atoms with Gasteiger partial charge < -0.3 is 5.32 Å². The van der Waals surface area contributed by atoms with Crippen LogP contribution in [0.5, 0.6) is 0 Å². The third-order valence-corrected chi connectivity index (χ3v) is 4.94. The molecule has 10 heteroatoms. The zero-order chi connectivity index (χ0) is 20.2. The average Bonchev–Trinajstić information content (AvgIpc) is 3.17. The van der Waals surface area contributed by atoms with Gasteiger partial charge in [-0.2, -0.15) is 9.61 Å². The molecule has 3 heterocycles. The van der Waals surface area contributed by atoms with Gasteiger partial charge in [-0.1, -0.05) is 30.0 Å². The maximum atomic E-state index is 13.2. The summed E-state index contributed by atoms with van der Waals surface area (Å²) < 4.78 is 14.3. The van der Waals surface area contributed by atoms with Crippen LogP contribution in [-0.4, -0.2) is 36.2 Å². The van der Waals surface area contributed by atoms with Gasteiger partial charge in [0.05, 0.1) is 11.9 Å². The molecule has 0 saturated heterocycles. The Labute approximate surface area is 168 Å². The molecule has 3 aromatic heterocycles. The van der Waals surface area contributed by atoms with Crippen LogP contribution < -0.4 is 11.0 Å². The smallest absolute Gasteiger partial charge is 0.350 e. The highest BCUT2D eigenvalue weighted by Gasteiger charge is 2.13. The van der Waals surface area contributed by atoms with Crippen LogP contribution in [0.25, 0.3) is 16.8 Å². The highest BCUT2D eigenvalue weighted by Crippen LogP contribution is 2.23. The van der Waals surface area contributed by atoms with Crippen molar-refractivity contribution >= 4 is 23.3 Å². The van der Waals surface area contributed by atoms with Crippen molar-refractivity contribution < 1.29 is 9.18 Å². The number of nitrogens with zero attached hydrogens (tertiary/aromatic N) is 4. The number of carbonyl (C=O) groups is 1. The van der Waals surface area contributed by atoms with Crippen molar-refractivity contribution in [1.29, 1.82) is 0 Å². The molecular formula is C19H15FN6O2S. The SMILES string of the molecule is O=C(CSc1nc2c(-c3ccc(F)cc3)cnn2c(=O)[nH]1)NCc1cccnc1. The van der Waals surface area contributed by atoms with Gasteiger partial charge in [0.15, 0.2) is 10.8 Å². The number of fused-ring (bicyclic) bond motifs is 1. The van der Waals surface area contributed by atoms with Crippen LogP contribution in [0.3, 0.4) is 0 Å². The molecule has 29 heavy (non-hydrogen) atoms. The Kier molecular flexibility index (Phi) is 5.34. The van der Waals surface area contributed by atoms with E-state index in [2.05, 4.69) is 25.4 Å². The summed E-state index contributed by atoms with van der Waals surface area (Å²) in [4.78, 5) is 35.4. The van der Waals surface area contributed by atoms with E-state index < -0.39 is 5.69 Å². The van der Waals surface area contributed by atoms with Crippen molar-refractivity contribution in [3.63, 3.8) is 0 Å². The summed E-state index contributed by atoms with van der Waals surface area (Å²) in [7, 11) is 0. The van der Waals surface area contributed by atoms with Gasteiger partial charge in [-0.25, -0.2) is 14.2 Å². The first kappa shape index (κ1) is 18.8. The van der Waals surface area contributed by atoms with Crippen molar-refractivity contribution in [3.8, 4) is 11.1 Å². The maximum absolute atomic E-state index is 13.2. The topological polar surface area (TPSA) is 105 Å². The highest BCUT2D eigenvalue weighted by atomic mass is 32.2. The first-order valence-electron chi connectivity index (χ1n) is 8.62. The highest BCUT2D eigenvalue weighted by molar-refractivity contribution is 7.99. The van der Waals surface area contributed by atoms with Crippen LogP contribution in [0.2, 0.25) is 0 Å². The average molecular weight is 410 g/mol. The van der Waals surface area contributed by atoms with E-state index in [0.29, 0.717) is 28.5 Å². The second-order valence-electron chi connectivity index (χ2n) is 6.07. The number of amides is 1. The lowest BCUT2D eigenvalue weighted by atomic mass is 10.1. The second kappa shape index (κ2) is 8.23. The van der Waals surface area contributed by atoms with Gasteiger partial charge in [-0.05, 0) is 29.3 Å². The van der Waals surface area contributed by atoms with Gasteiger partial charge >= 0.3 is 5.69 Å². The fourth-order valence-corrected chi connectivity index (χ4v) is 3.34. The molecule has 4 rings (SSSR count). The Morgan fingerprint density at radius 2 is 2.03 bits per heavy atom. The molecule has 0 aliphatic carbocycles. The number of carbonyl (C=O) groups excluding carboxylic acids is 1. The fourth-order valence-electron chi connectivity index (χ4n) is 2.66. The summed E-state index contributed by atoms with van der Waals surface area (Å²) in [5.41, 5.74) is 2.03. The molecule has 8 nitrogen and oxygen atoms in total. The number of thioether (sulfide) groups is 1. The van der Waals surface area contributed by atoms with Gasteiger partial charge in [0.25, 0.3) is 0 Å². The van der Waals surface area contributed by atoms with E-state index >= 15 is 0 Å². The first-order chi connectivity index (χ1) is 14.1. The van der Waals surface area contributed by atoms with E-state index in [0.717, 1.165) is 21.8 Å². The van der Waals surface area contributed by atoms with Gasteiger partial charge in [0, 0.05) is 24.5 Å². The van der Waals surface area contributed by atoms with Crippen molar-refractivity contribution in [2.24, 2.45) is 0 Å². The summed E-state index contributed by atoms with van der Waals surface area (Å²) in [6.45, 7) is 0.369. The Morgan fingerprint density at radius 1 is 1.21 bits per heavy atom. The molecule has 0 radical (unpaired) electrons. The van der Waals surface area contributed by atoms with E-state index in [1.54, 1.807) is 30.6 Å². The molecule has 1 amide bonds. The predicted octanol–water partition coefficient (Wildman–Crippen LogP) is 2.03. The van der Waals surface area contributed by atoms with Gasteiger partial charge in [0.2, 0.25) is 5.91 Å². The molecule has 0 fully saturated rings. The lowest BCUT2D eigenvalue weighted by Crippen LogP contribution is -2.25. The predicted molar refractivity (Wildman–Crippen MR) is 106 cm³/mol. The van der Waals surface area contributed by atoms with Gasteiger partial charge in [0.1, 0.15) is 5.82 Å². The number of hydrogen-bond acceptors (Lipinski definition) is 6. The fraction of sp³-hybridized carbons (Fsp3) is 0.105. The van der Waals surface area contributed by atoms with Gasteiger partial charge in [-0.15, -0.1) is 0 Å². The quantitative estimate of drug-likeness (QED) is 0.471. The molecule has 0 spiro atoms. The van der Waals surface area contributed by atoms with Crippen LogP contribution in [0, 0.1) is 5.82 Å². The molecule has 146 valence electrons. The molecule has 0 aliphatic heterocycles. The number of aromatic nitrogens is 5. The lowest BCUT2D eigenvalue weighted by molar-refractivity contribution is -0.118. The van der Waals surface area contributed by atoms with E-state index in [-0.39, 0.29) is 17.5 Å². The monoisotopic (exact) mass is 410 g/mol. The number of H-pyrrole nitrogens is 1. The van der Waals surface area contributed by atoms with E-state index in [1.807, 2.05) is 6.07 Å². The third-order valence-electron chi connectivity index (χ3n) is 4.07. The Balaban J connectivity index is 1.49. The summed E-state index contributed by atoms with van der Waals surface area (Å²) in [5.74, 6) is -0.474. The molecule has 0 bridgehead atoms.